The summed E-state index contributed by atoms with van der Waals surface area (Å²) in [4.78, 5) is 4.00. The lowest BCUT2D eigenvalue weighted by Crippen LogP contribution is -2.16. The maximum Gasteiger partial charge on any atom is 0.147 e. The summed E-state index contributed by atoms with van der Waals surface area (Å²) < 4.78 is 0. The van der Waals surface area contributed by atoms with Crippen molar-refractivity contribution in [3.8, 4) is 10.6 Å². The molecule has 5 heteroatoms. The zero-order chi connectivity index (χ0) is 12.6. The predicted molar refractivity (Wildman–Crippen MR) is 74.6 cm³/mol. The van der Waals surface area contributed by atoms with Gasteiger partial charge in [-0.2, -0.15) is 0 Å². The molecule has 1 N–H and O–H groups in total. The monoisotopic (exact) mass is 262 g/mol. The maximum atomic E-state index is 4.23. The molecule has 0 aliphatic heterocycles. The minimum absolute atomic E-state index is 0.980. The molecule has 0 saturated carbocycles. The van der Waals surface area contributed by atoms with Crippen molar-refractivity contribution in [2.75, 3.05) is 13.1 Å². The number of aromatic nitrogens is 3. The van der Waals surface area contributed by atoms with Crippen LogP contribution in [0.1, 0.15) is 24.8 Å². The third-order valence-electron chi connectivity index (χ3n) is 2.57. The summed E-state index contributed by atoms with van der Waals surface area (Å²) in [5.74, 6) is 0. The Bertz CT molecular complexity index is 455. The Morgan fingerprint density at radius 1 is 1.17 bits per heavy atom. The molecule has 96 valence electrons. The molecule has 0 aromatic carbocycles. The van der Waals surface area contributed by atoms with Crippen LogP contribution in [0.3, 0.4) is 0 Å². The zero-order valence-electron chi connectivity index (χ0n) is 10.6. The van der Waals surface area contributed by atoms with Crippen LogP contribution < -0.4 is 5.32 Å². The second-order valence-electron chi connectivity index (χ2n) is 4.09. The van der Waals surface area contributed by atoms with Gasteiger partial charge in [0.25, 0.3) is 0 Å². The van der Waals surface area contributed by atoms with E-state index in [1.165, 1.54) is 6.42 Å². The number of rotatable bonds is 7. The summed E-state index contributed by atoms with van der Waals surface area (Å²) >= 11 is 1.67. The van der Waals surface area contributed by atoms with Crippen molar-refractivity contribution in [3.63, 3.8) is 0 Å². The van der Waals surface area contributed by atoms with Crippen LogP contribution in [0.5, 0.6) is 0 Å². The first-order valence-electron chi connectivity index (χ1n) is 6.33. The van der Waals surface area contributed by atoms with E-state index >= 15 is 0 Å². The van der Waals surface area contributed by atoms with Crippen molar-refractivity contribution in [1.82, 2.24) is 20.5 Å². The highest BCUT2D eigenvalue weighted by molar-refractivity contribution is 7.14. The van der Waals surface area contributed by atoms with Crippen molar-refractivity contribution in [2.45, 2.75) is 26.2 Å². The van der Waals surface area contributed by atoms with Crippen molar-refractivity contribution in [3.05, 3.63) is 29.5 Å². The molecule has 0 radical (unpaired) electrons. The molecule has 0 fully saturated rings. The van der Waals surface area contributed by atoms with Crippen LogP contribution in [0, 0.1) is 0 Å². The van der Waals surface area contributed by atoms with Gasteiger partial charge in [-0.3, -0.25) is 4.98 Å². The molecular formula is C13H18N4S. The van der Waals surface area contributed by atoms with Gasteiger partial charge in [-0.15, -0.1) is 10.2 Å². The Kier molecular flexibility index (Phi) is 5.23. The average Bonchev–Trinajstić information content (AvgIpc) is 2.88. The summed E-state index contributed by atoms with van der Waals surface area (Å²) in [6, 6.07) is 3.93. The second-order valence-corrected chi connectivity index (χ2v) is 5.15. The molecule has 0 amide bonds. The quantitative estimate of drug-likeness (QED) is 0.779. The van der Waals surface area contributed by atoms with Crippen molar-refractivity contribution < 1.29 is 0 Å². The van der Waals surface area contributed by atoms with Crippen LogP contribution in [0.2, 0.25) is 0 Å². The maximum absolute atomic E-state index is 4.23. The number of nitrogens with one attached hydrogen (secondary N) is 1. The molecule has 4 nitrogen and oxygen atoms in total. The van der Waals surface area contributed by atoms with Gasteiger partial charge >= 0.3 is 0 Å². The van der Waals surface area contributed by atoms with E-state index < -0.39 is 0 Å². The summed E-state index contributed by atoms with van der Waals surface area (Å²) in [6.07, 6.45) is 6.87. The molecule has 0 atom stereocenters. The molecule has 0 saturated heterocycles. The zero-order valence-corrected chi connectivity index (χ0v) is 11.4. The number of pyridine rings is 1. The van der Waals surface area contributed by atoms with Crippen molar-refractivity contribution >= 4 is 11.3 Å². The molecule has 18 heavy (non-hydrogen) atoms. The normalized spacial score (nSPS) is 10.7. The van der Waals surface area contributed by atoms with Crippen LogP contribution in [0.25, 0.3) is 10.6 Å². The van der Waals surface area contributed by atoms with E-state index in [1.807, 2.05) is 12.1 Å². The van der Waals surface area contributed by atoms with E-state index in [0.29, 0.717) is 0 Å². The standard InChI is InChI=1S/C13H18N4S/c1-2-7-14-8-3-4-12-16-17-13(18-12)11-5-9-15-10-6-11/h5-6,9-10,14H,2-4,7-8H2,1H3. The number of hydrogen-bond acceptors (Lipinski definition) is 5. The van der Waals surface area contributed by atoms with Gasteiger partial charge in [-0.05, 0) is 38.1 Å². The van der Waals surface area contributed by atoms with Gasteiger partial charge in [0.05, 0.1) is 0 Å². The highest BCUT2D eigenvalue weighted by Crippen LogP contribution is 2.22. The lowest BCUT2D eigenvalue weighted by molar-refractivity contribution is 0.637. The Morgan fingerprint density at radius 3 is 2.78 bits per heavy atom. The van der Waals surface area contributed by atoms with Gasteiger partial charge in [0.1, 0.15) is 10.0 Å². The third-order valence-corrected chi connectivity index (χ3v) is 3.60. The third kappa shape index (κ3) is 3.85. The summed E-state index contributed by atoms with van der Waals surface area (Å²) in [5.41, 5.74) is 1.10. The van der Waals surface area contributed by atoms with Crippen LogP contribution in [-0.2, 0) is 6.42 Å². The fraction of sp³-hybridized carbons (Fsp3) is 0.462. The molecule has 0 aliphatic carbocycles. The molecule has 0 bridgehead atoms. The summed E-state index contributed by atoms with van der Waals surface area (Å²) in [6.45, 7) is 4.33. The van der Waals surface area contributed by atoms with Gasteiger partial charge in [0.2, 0.25) is 0 Å². The average molecular weight is 262 g/mol. The molecule has 0 unspecified atom stereocenters. The molecule has 2 aromatic heterocycles. The number of hydrogen-bond donors (Lipinski definition) is 1. The van der Waals surface area contributed by atoms with Crippen molar-refractivity contribution in [2.24, 2.45) is 0 Å². The fourth-order valence-electron chi connectivity index (χ4n) is 1.63. The lowest BCUT2D eigenvalue weighted by Gasteiger charge is -1.99. The molecule has 0 aliphatic rings. The summed E-state index contributed by atoms with van der Waals surface area (Å²) in [7, 11) is 0. The first kappa shape index (κ1) is 13.1. The highest BCUT2D eigenvalue weighted by atomic mass is 32.1. The second kappa shape index (κ2) is 7.18. The van der Waals surface area contributed by atoms with Gasteiger partial charge in [-0.1, -0.05) is 18.3 Å². The topological polar surface area (TPSA) is 50.7 Å². The Hall–Kier alpha value is -1.33. The Balaban J connectivity index is 1.83. The fourth-order valence-corrected chi connectivity index (χ4v) is 2.52. The molecule has 2 rings (SSSR count). The van der Waals surface area contributed by atoms with E-state index in [1.54, 1.807) is 23.7 Å². The SMILES string of the molecule is CCCNCCCc1nnc(-c2ccncc2)s1. The number of nitrogens with zero attached hydrogens (tertiary/aromatic N) is 3. The smallest absolute Gasteiger partial charge is 0.147 e. The molecule has 2 heterocycles. The summed E-state index contributed by atoms with van der Waals surface area (Å²) in [5, 5.41) is 13.9. The molecule has 2 aromatic rings. The van der Waals surface area contributed by atoms with Gasteiger partial charge in [-0.25, -0.2) is 0 Å². The van der Waals surface area contributed by atoms with Crippen LogP contribution in [0.15, 0.2) is 24.5 Å². The van der Waals surface area contributed by atoms with Gasteiger partial charge in [0.15, 0.2) is 0 Å². The minimum Gasteiger partial charge on any atom is -0.317 e. The minimum atomic E-state index is 0.980. The molecular weight excluding hydrogens is 244 g/mol. The van der Waals surface area contributed by atoms with Gasteiger partial charge in [0, 0.05) is 24.4 Å². The highest BCUT2D eigenvalue weighted by Gasteiger charge is 2.05. The predicted octanol–water partition coefficient (Wildman–Crippen LogP) is 2.53. The Morgan fingerprint density at radius 2 is 2.00 bits per heavy atom. The first-order valence-corrected chi connectivity index (χ1v) is 7.15. The number of aryl methyl sites for hydroxylation is 1. The van der Waals surface area contributed by atoms with Crippen LogP contribution in [-0.4, -0.2) is 28.3 Å². The van der Waals surface area contributed by atoms with Crippen LogP contribution in [0.4, 0.5) is 0 Å². The van der Waals surface area contributed by atoms with E-state index in [9.17, 15) is 0 Å². The van der Waals surface area contributed by atoms with Crippen molar-refractivity contribution in [1.29, 1.82) is 0 Å². The van der Waals surface area contributed by atoms with E-state index in [4.69, 9.17) is 0 Å². The van der Waals surface area contributed by atoms with E-state index in [0.717, 1.165) is 41.5 Å². The first-order chi connectivity index (χ1) is 8.90. The van der Waals surface area contributed by atoms with E-state index in [-0.39, 0.29) is 0 Å². The lowest BCUT2D eigenvalue weighted by atomic mass is 10.3. The van der Waals surface area contributed by atoms with Gasteiger partial charge < -0.3 is 5.32 Å². The largest absolute Gasteiger partial charge is 0.317 e. The van der Waals surface area contributed by atoms with Crippen LogP contribution >= 0.6 is 11.3 Å². The Labute approximate surface area is 111 Å². The van der Waals surface area contributed by atoms with E-state index in [2.05, 4.69) is 27.4 Å². The molecule has 0 spiro atoms.